The Balaban J connectivity index is 3.28. The number of hydrogen-bond donors (Lipinski definition) is 0. The fourth-order valence-electron chi connectivity index (χ4n) is 0.631. The Labute approximate surface area is 66.4 Å². The third-order valence-electron chi connectivity index (χ3n) is 1.18. The van der Waals surface area contributed by atoms with E-state index in [1.165, 1.54) is 6.92 Å². The zero-order valence-electron chi connectivity index (χ0n) is 7.12. The van der Waals surface area contributed by atoms with Crippen molar-refractivity contribution in [2.45, 2.75) is 19.6 Å². The molecule has 4 nitrogen and oxygen atoms in total. The molecule has 66 valence electrons. The minimum Gasteiger partial charge on any atom is -0.466 e. The fourth-order valence-corrected chi connectivity index (χ4v) is 0.631. The molecule has 0 aromatic carbocycles. The van der Waals surface area contributed by atoms with Gasteiger partial charge in [0.2, 0.25) is 0 Å². The molecule has 0 saturated carbocycles. The van der Waals surface area contributed by atoms with Gasteiger partial charge in [-0.1, -0.05) is 0 Å². The van der Waals surface area contributed by atoms with Gasteiger partial charge in [-0.15, -0.1) is 0 Å². The average molecular weight is 162 g/mol. The Morgan fingerprint density at radius 2 is 1.91 bits per heavy atom. The molecule has 0 amide bonds. The van der Waals surface area contributed by atoms with Crippen LogP contribution in [0.1, 0.15) is 13.3 Å². The molecular weight excluding hydrogens is 148 g/mol. The Kier molecular flexibility index (Phi) is 5.78. The first-order valence-corrected chi connectivity index (χ1v) is 3.39. The number of ether oxygens (including phenoxy) is 3. The van der Waals surface area contributed by atoms with Crippen LogP contribution in [0, 0.1) is 0 Å². The molecule has 0 N–H and O–H groups in total. The maximum atomic E-state index is 10.3. The molecule has 0 radical (unpaired) electrons. The van der Waals surface area contributed by atoms with Gasteiger partial charge in [0.05, 0.1) is 6.61 Å². The van der Waals surface area contributed by atoms with Gasteiger partial charge in [0.25, 0.3) is 0 Å². The Morgan fingerprint density at radius 3 is 2.27 bits per heavy atom. The zero-order valence-corrected chi connectivity index (χ0v) is 7.12. The highest BCUT2D eigenvalue weighted by Gasteiger charge is 2.04. The van der Waals surface area contributed by atoms with E-state index in [2.05, 4.69) is 4.74 Å². The van der Waals surface area contributed by atoms with Gasteiger partial charge in [-0.2, -0.15) is 0 Å². The Morgan fingerprint density at radius 1 is 1.36 bits per heavy atom. The lowest BCUT2D eigenvalue weighted by Gasteiger charge is -2.12. The van der Waals surface area contributed by atoms with Crippen molar-refractivity contribution in [3.8, 4) is 0 Å². The van der Waals surface area contributed by atoms with Crippen molar-refractivity contribution >= 4 is 5.97 Å². The van der Waals surface area contributed by atoms with E-state index in [0.29, 0.717) is 13.0 Å². The summed E-state index contributed by atoms with van der Waals surface area (Å²) in [5.41, 5.74) is 0. The highest BCUT2D eigenvalue weighted by atomic mass is 16.7. The third-order valence-corrected chi connectivity index (χ3v) is 1.18. The summed E-state index contributed by atoms with van der Waals surface area (Å²) in [5, 5.41) is 0. The van der Waals surface area contributed by atoms with Crippen LogP contribution in [-0.2, 0) is 19.0 Å². The highest BCUT2D eigenvalue weighted by molar-refractivity contribution is 5.65. The second kappa shape index (κ2) is 6.12. The van der Waals surface area contributed by atoms with Crippen molar-refractivity contribution < 1.29 is 19.0 Å². The molecule has 0 aromatic heterocycles. The first-order valence-electron chi connectivity index (χ1n) is 3.39. The van der Waals surface area contributed by atoms with Crippen LogP contribution in [0.15, 0.2) is 0 Å². The second-order valence-electron chi connectivity index (χ2n) is 2.03. The van der Waals surface area contributed by atoms with Gasteiger partial charge >= 0.3 is 5.97 Å². The lowest BCUT2D eigenvalue weighted by atomic mass is 10.4. The molecular formula is C7H14O4. The van der Waals surface area contributed by atoms with E-state index >= 15 is 0 Å². The molecule has 0 unspecified atom stereocenters. The lowest BCUT2D eigenvalue weighted by Crippen LogP contribution is -2.16. The van der Waals surface area contributed by atoms with Gasteiger partial charge < -0.3 is 14.2 Å². The first-order chi connectivity index (χ1) is 5.20. The van der Waals surface area contributed by atoms with E-state index in [0.717, 1.165) is 0 Å². The lowest BCUT2D eigenvalue weighted by molar-refractivity contribution is -0.147. The minimum atomic E-state index is -0.283. The monoisotopic (exact) mass is 162 g/mol. The zero-order chi connectivity index (χ0) is 8.69. The molecule has 0 atom stereocenters. The fraction of sp³-hybridized carbons (Fsp3) is 0.857. The molecule has 0 heterocycles. The number of esters is 1. The molecule has 0 saturated heterocycles. The quantitative estimate of drug-likeness (QED) is 0.437. The van der Waals surface area contributed by atoms with Crippen LogP contribution in [0.5, 0.6) is 0 Å². The normalized spacial score (nSPS) is 10.2. The third kappa shape index (κ3) is 5.82. The standard InChI is InChI=1S/C7H14O4/c1-6(8)11-5-4-7(9-2)10-3/h7H,4-5H2,1-3H3. The van der Waals surface area contributed by atoms with Crippen molar-refractivity contribution in [3.05, 3.63) is 0 Å². The number of carbonyl (C=O) groups excluding carboxylic acids is 1. The van der Waals surface area contributed by atoms with E-state index in [-0.39, 0.29) is 12.3 Å². The molecule has 0 rings (SSSR count). The Bertz CT molecular complexity index is 109. The summed E-state index contributed by atoms with van der Waals surface area (Å²) in [6.45, 7) is 1.70. The minimum absolute atomic E-state index is 0.282. The molecule has 0 aliphatic heterocycles. The maximum Gasteiger partial charge on any atom is 0.302 e. The predicted octanol–water partition coefficient (Wildman–Crippen LogP) is 0.558. The van der Waals surface area contributed by atoms with Crippen LogP contribution in [0.3, 0.4) is 0 Å². The van der Waals surface area contributed by atoms with E-state index in [1.807, 2.05) is 0 Å². The Hall–Kier alpha value is -0.610. The SMILES string of the molecule is COC(CCOC(C)=O)OC. The summed E-state index contributed by atoms with van der Waals surface area (Å²) in [7, 11) is 3.09. The van der Waals surface area contributed by atoms with Gasteiger partial charge in [-0.3, -0.25) is 4.79 Å². The van der Waals surface area contributed by atoms with Crippen LogP contribution in [0.25, 0.3) is 0 Å². The van der Waals surface area contributed by atoms with Crippen LogP contribution in [0.4, 0.5) is 0 Å². The van der Waals surface area contributed by atoms with Crippen LogP contribution in [0.2, 0.25) is 0 Å². The second-order valence-corrected chi connectivity index (χ2v) is 2.03. The number of carbonyl (C=O) groups is 1. The van der Waals surface area contributed by atoms with E-state index in [4.69, 9.17) is 9.47 Å². The molecule has 0 fully saturated rings. The number of methoxy groups -OCH3 is 2. The molecule has 0 spiro atoms. The van der Waals surface area contributed by atoms with E-state index < -0.39 is 0 Å². The summed E-state index contributed by atoms with van der Waals surface area (Å²) in [5.74, 6) is -0.282. The molecule has 0 aliphatic carbocycles. The molecule has 4 heteroatoms. The van der Waals surface area contributed by atoms with Gasteiger partial charge in [0.1, 0.15) is 0 Å². The average Bonchev–Trinajstić information content (AvgIpc) is 1.98. The van der Waals surface area contributed by atoms with Gasteiger partial charge in [0, 0.05) is 27.6 Å². The largest absolute Gasteiger partial charge is 0.466 e. The topological polar surface area (TPSA) is 44.8 Å². The van der Waals surface area contributed by atoms with Crippen molar-refractivity contribution in [1.82, 2.24) is 0 Å². The molecule has 0 bridgehead atoms. The molecule has 0 aliphatic rings. The molecule has 11 heavy (non-hydrogen) atoms. The first kappa shape index (κ1) is 10.4. The van der Waals surface area contributed by atoms with Crippen molar-refractivity contribution in [2.75, 3.05) is 20.8 Å². The summed E-state index contributed by atoms with van der Waals surface area (Å²) in [6, 6.07) is 0. The van der Waals surface area contributed by atoms with E-state index in [1.54, 1.807) is 14.2 Å². The smallest absolute Gasteiger partial charge is 0.302 e. The van der Waals surface area contributed by atoms with Crippen LogP contribution in [-0.4, -0.2) is 33.1 Å². The van der Waals surface area contributed by atoms with E-state index in [9.17, 15) is 4.79 Å². The van der Waals surface area contributed by atoms with Gasteiger partial charge in [0.15, 0.2) is 6.29 Å². The molecule has 0 aromatic rings. The number of hydrogen-bond acceptors (Lipinski definition) is 4. The van der Waals surface area contributed by atoms with Gasteiger partial charge in [-0.05, 0) is 0 Å². The van der Waals surface area contributed by atoms with Crippen molar-refractivity contribution in [2.24, 2.45) is 0 Å². The van der Waals surface area contributed by atoms with Gasteiger partial charge in [-0.25, -0.2) is 0 Å². The van der Waals surface area contributed by atoms with Crippen molar-refractivity contribution in [1.29, 1.82) is 0 Å². The van der Waals surface area contributed by atoms with Crippen LogP contribution >= 0.6 is 0 Å². The van der Waals surface area contributed by atoms with Crippen molar-refractivity contribution in [3.63, 3.8) is 0 Å². The highest BCUT2D eigenvalue weighted by Crippen LogP contribution is 1.97. The predicted molar refractivity (Wildman–Crippen MR) is 39.1 cm³/mol. The number of rotatable bonds is 5. The summed E-state index contributed by atoms with van der Waals surface area (Å²) < 4.78 is 14.4. The van der Waals surface area contributed by atoms with Crippen LogP contribution < -0.4 is 0 Å². The maximum absolute atomic E-state index is 10.3. The summed E-state index contributed by atoms with van der Waals surface area (Å²) >= 11 is 0. The summed E-state index contributed by atoms with van der Waals surface area (Å²) in [4.78, 5) is 10.3. The summed E-state index contributed by atoms with van der Waals surface area (Å²) in [6.07, 6.45) is 0.279.